The van der Waals surface area contributed by atoms with E-state index in [9.17, 15) is 0 Å². The van der Waals surface area contributed by atoms with E-state index in [0.29, 0.717) is 17.5 Å². The zero-order valence-corrected chi connectivity index (χ0v) is 12.7. The zero-order valence-electron chi connectivity index (χ0n) is 12.7. The van der Waals surface area contributed by atoms with Crippen molar-refractivity contribution < 1.29 is 0 Å². The molecule has 1 saturated heterocycles. The monoisotopic (exact) mass is 274 g/mol. The van der Waals surface area contributed by atoms with E-state index in [-0.39, 0.29) is 0 Å². The van der Waals surface area contributed by atoms with Crippen molar-refractivity contribution in [1.82, 2.24) is 15.3 Å². The summed E-state index contributed by atoms with van der Waals surface area (Å²) < 4.78 is 0. The minimum Gasteiger partial charge on any atom is -0.339 e. The molecule has 0 spiro atoms. The molecule has 4 nitrogen and oxygen atoms in total. The molecule has 4 heteroatoms. The molecule has 1 aliphatic heterocycles. The van der Waals surface area contributed by atoms with Gasteiger partial charge in [-0.05, 0) is 37.2 Å². The lowest BCUT2D eigenvalue weighted by Gasteiger charge is -2.37. The van der Waals surface area contributed by atoms with Crippen molar-refractivity contribution in [2.45, 2.75) is 58.0 Å². The quantitative estimate of drug-likeness (QED) is 0.920. The Morgan fingerprint density at radius 3 is 2.70 bits per heavy atom. The Hall–Kier alpha value is -1.16. The molecule has 1 aromatic rings. The standard InChI is InChI=1S/C16H26N4/c1-16(2)8-3-7-14(16)19-13-6-4-11-20(12-13)15-17-9-5-10-18-15/h5,9-10,13-14,19H,3-4,6-8,11-12H2,1-2H3. The molecular weight excluding hydrogens is 248 g/mol. The number of nitrogens with one attached hydrogen (secondary N) is 1. The van der Waals surface area contributed by atoms with Crippen molar-refractivity contribution in [1.29, 1.82) is 0 Å². The molecule has 2 fully saturated rings. The van der Waals surface area contributed by atoms with Crippen molar-refractivity contribution in [2.75, 3.05) is 18.0 Å². The summed E-state index contributed by atoms with van der Waals surface area (Å²) in [5.41, 5.74) is 0.450. The van der Waals surface area contributed by atoms with Crippen molar-refractivity contribution in [3.05, 3.63) is 18.5 Å². The summed E-state index contributed by atoms with van der Waals surface area (Å²) in [4.78, 5) is 11.1. The third-order valence-electron chi connectivity index (χ3n) is 4.95. The fourth-order valence-electron chi connectivity index (χ4n) is 3.67. The van der Waals surface area contributed by atoms with Crippen molar-refractivity contribution in [3.8, 4) is 0 Å². The van der Waals surface area contributed by atoms with Gasteiger partial charge in [0.25, 0.3) is 0 Å². The highest BCUT2D eigenvalue weighted by Crippen LogP contribution is 2.37. The average molecular weight is 274 g/mol. The van der Waals surface area contributed by atoms with E-state index in [2.05, 4.69) is 34.0 Å². The Morgan fingerprint density at radius 1 is 1.20 bits per heavy atom. The van der Waals surface area contributed by atoms with Crippen LogP contribution in [-0.2, 0) is 0 Å². The number of hydrogen-bond acceptors (Lipinski definition) is 4. The van der Waals surface area contributed by atoms with Crippen LogP contribution in [0.4, 0.5) is 5.95 Å². The topological polar surface area (TPSA) is 41.0 Å². The van der Waals surface area contributed by atoms with Gasteiger partial charge in [0, 0.05) is 37.6 Å². The Bertz CT molecular complexity index is 431. The number of anilines is 1. The number of rotatable bonds is 3. The van der Waals surface area contributed by atoms with Crippen molar-refractivity contribution in [2.24, 2.45) is 5.41 Å². The van der Waals surface area contributed by atoms with E-state index in [4.69, 9.17) is 0 Å². The van der Waals surface area contributed by atoms with Gasteiger partial charge in [0.05, 0.1) is 0 Å². The predicted molar refractivity (Wildman–Crippen MR) is 81.8 cm³/mol. The molecule has 0 bridgehead atoms. The molecule has 110 valence electrons. The third kappa shape index (κ3) is 2.95. The maximum absolute atomic E-state index is 4.38. The Kier molecular flexibility index (Phi) is 3.92. The molecule has 1 aromatic heterocycles. The molecule has 0 aromatic carbocycles. The van der Waals surface area contributed by atoms with Crippen LogP contribution in [0, 0.1) is 5.41 Å². The Labute approximate surface area is 122 Å². The minimum atomic E-state index is 0.450. The van der Waals surface area contributed by atoms with Gasteiger partial charge in [0.15, 0.2) is 0 Å². The summed E-state index contributed by atoms with van der Waals surface area (Å²) in [6.45, 7) is 6.92. The van der Waals surface area contributed by atoms with E-state index >= 15 is 0 Å². The first-order valence-electron chi connectivity index (χ1n) is 7.93. The lowest BCUT2D eigenvalue weighted by atomic mass is 9.86. The maximum atomic E-state index is 4.38. The fourth-order valence-corrected chi connectivity index (χ4v) is 3.67. The van der Waals surface area contributed by atoms with Crippen LogP contribution >= 0.6 is 0 Å². The van der Waals surface area contributed by atoms with Gasteiger partial charge in [0.1, 0.15) is 0 Å². The van der Waals surface area contributed by atoms with Gasteiger partial charge < -0.3 is 10.2 Å². The van der Waals surface area contributed by atoms with Gasteiger partial charge in [0.2, 0.25) is 5.95 Å². The van der Waals surface area contributed by atoms with E-state index in [0.717, 1.165) is 19.0 Å². The molecule has 2 unspecified atom stereocenters. The maximum Gasteiger partial charge on any atom is 0.225 e. The number of aromatic nitrogens is 2. The second kappa shape index (κ2) is 5.68. The Balaban J connectivity index is 1.61. The first-order valence-corrected chi connectivity index (χ1v) is 7.93. The number of hydrogen-bond donors (Lipinski definition) is 1. The summed E-state index contributed by atoms with van der Waals surface area (Å²) >= 11 is 0. The second-order valence-corrected chi connectivity index (χ2v) is 6.93. The first-order chi connectivity index (χ1) is 9.65. The molecule has 0 amide bonds. The highest BCUT2D eigenvalue weighted by Gasteiger charge is 2.36. The smallest absolute Gasteiger partial charge is 0.225 e. The Morgan fingerprint density at radius 2 is 2.00 bits per heavy atom. The number of nitrogens with zero attached hydrogens (tertiary/aromatic N) is 3. The van der Waals surface area contributed by atoms with Gasteiger partial charge >= 0.3 is 0 Å². The van der Waals surface area contributed by atoms with Gasteiger partial charge in [-0.3, -0.25) is 0 Å². The fraction of sp³-hybridized carbons (Fsp3) is 0.750. The minimum absolute atomic E-state index is 0.450. The zero-order chi connectivity index (χ0) is 14.0. The summed E-state index contributed by atoms with van der Waals surface area (Å²) in [6, 6.07) is 3.13. The summed E-state index contributed by atoms with van der Waals surface area (Å²) in [7, 11) is 0. The molecule has 2 heterocycles. The van der Waals surface area contributed by atoms with Crippen molar-refractivity contribution >= 4 is 5.95 Å². The highest BCUT2D eigenvalue weighted by atomic mass is 15.3. The van der Waals surface area contributed by atoms with Gasteiger partial charge in [-0.25, -0.2) is 9.97 Å². The van der Waals surface area contributed by atoms with Crippen LogP contribution < -0.4 is 10.2 Å². The van der Waals surface area contributed by atoms with E-state index in [1.54, 1.807) is 0 Å². The molecule has 1 aliphatic carbocycles. The normalized spacial score (nSPS) is 29.6. The van der Waals surface area contributed by atoms with Crippen LogP contribution in [0.25, 0.3) is 0 Å². The SMILES string of the molecule is CC1(C)CCCC1NC1CCCN(c2ncccn2)C1. The average Bonchev–Trinajstić information content (AvgIpc) is 2.79. The first kappa shape index (κ1) is 13.8. The molecule has 20 heavy (non-hydrogen) atoms. The molecule has 3 rings (SSSR count). The largest absolute Gasteiger partial charge is 0.339 e. The molecule has 2 aliphatic rings. The van der Waals surface area contributed by atoms with Crippen molar-refractivity contribution in [3.63, 3.8) is 0 Å². The van der Waals surface area contributed by atoms with Crippen LogP contribution in [0.1, 0.15) is 46.0 Å². The lowest BCUT2D eigenvalue weighted by molar-refractivity contribution is 0.249. The molecule has 2 atom stereocenters. The van der Waals surface area contributed by atoms with Crippen LogP contribution in [-0.4, -0.2) is 35.1 Å². The number of piperidine rings is 1. The third-order valence-corrected chi connectivity index (χ3v) is 4.95. The summed E-state index contributed by atoms with van der Waals surface area (Å²) in [6.07, 6.45) is 10.2. The van der Waals surface area contributed by atoms with E-state index < -0.39 is 0 Å². The second-order valence-electron chi connectivity index (χ2n) is 6.93. The van der Waals surface area contributed by atoms with Crippen LogP contribution in [0.2, 0.25) is 0 Å². The molecule has 1 saturated carbocycles. The molecule has 0 radical (unpaired) electrons. The van der Waals surface area contributed by atoms with Crippen LogP contribution in [0.3, 0.4) is 0 Å². The van der Waals surface area contributed by atoms with E-state index in [1.165, 1.54) is 32.1 Å². The van der Waals surface area contributed by atoms with Gasteiger partial charge in [-0.15, -0.1) is 0 Å². The molecule has 1 N–H and O–H groups in total. The molecular formula is C16H26N4. The summed E-state index contributed by atoms with van der Waals surface area (Å²) in [5.74, 6) is 0.879. The van der Waals surface area contributed by atoms with Crippen LogP contribution in [0.15, 0.2) is 18.5 Å². The van der Waals surface area contributed by atoms with Gasteiger partial charge in [-0.1, -0.05) is 20.3 Å². The van der Waals surface area contributed by atoms with Gasteiger partial charge in [-0.2, -0.15) is 0 Å². The highest BCUT2D eigenvalue weighted by molar-refractivity contribution is 5.29. The summed E-state index contributed by atoms with van der Waals surface area (Å²) in [5, 5.41) is 3.91. The lowest BCUT2D eigenvalue weighted by Crippen LogP contribution is -2.52. The van der Waals surface area contributed by atoms with Crippen LogP contribution in [0.5, 0.6) is 0 Å². The van der Waals surface area contributed by atoms with E-state index in [1.807, 2.05) is 18.5 Å². The predicted octanol–water partition coefficient (Wildman–Crippen LogP) is 2.61.